The summed E-state index contributed by atoms with van der Waals surface area (Å²) in [6.07, 6.45) is 6.86. The van der Waals surface area contributed by atoms with Gasteiger partial charge >= 0.3 is 0 Å². The molecule has 0 saturated heterocycles. The zero-order valence-corrected chi connectivity index (χ0v) is 11.6. The number of nitro benzene ring substituents is 1. The predicted octanol–water partition coefficient (Wildman–Crippen LogP) is 2.79. The van der Waals surface area contributed by atoms with E-state index in [4.69, 9.17) is 0 Å². The highest BCUT2D eigenvalue weighted by atomic mass is 16.6. The molecule has 0 spiro atoms. The van der Waals surface area contributed by atoms with Gasteiger partial charge in [0, 0.05) is 31.2 Å². The van der Waals surface area contributed by atoms with Crippen molar-refractivity contribution in [1.82, 2.24) is 14.5 Å². The highest BCUT2D eigenvalue weighted by Crippen LogP contribution is 2.23. The smallest absolute Gasteiger partial charge is 0.292 e. The van der Waals surface area contributed by atoms with Gasteiger partial charge < -0.3 is 5.32 Å². The summed E-state index contributed by atoms with van der Waals surface area (Å²) in [6, 6.07) is 10.3. The largest absolute Gasteiger partial charge is 0.375 e. The lowest BCUT2D eigenvalue weighted by atomic mass is 10.2. The topological polar surface area (TPSA) is 85.9 Å². The van der Waals surface area contributed by atoms with E-state index in [9.17, 15) is 10.1 Å². The molecule has 7 heteroatoms. The van der Waals surface area contributed by atoms with Crippen molar-refractivity contribution in [2.24, 2.45) is 0 Å². The Hall–Kier alpha value is -3.22. The van der Waals surface area contributed by atoms with E-state index >= 15 is 0 Å². The monoisotopic (exact) mass is 295 g/mol. The van der Waals surface area contributed by atoms with Gasteiger partial charge in [0.15, 0.2) is 0 Å². The molecule has 0 unspecified atom stereocenters. The molecule has 7 nitrogen and oxygen atoms in total. The minimum absolute atomic E-state index is 0.0615. The number of anilines is 1. The maximum Gasteiger partial charge on any atom is 0.292 e. The number of hydrogen-bond acceptors (Lipinski definition) is 5. The van der Waals surface area contributed by atoms with E-state index in [2.05, 4.69) is 15.3 Å². The van der Waals surface area contributed by atoms with E-state index in [0.29, 0.717) is 12.2 Å². The highest BCUT2D eigenvalue weighted by molar-refractivity contribution is 5.61. The Labute approximate surface area is 126 Å². The Balaban J connectivity index is 1.78. The van der Waals surface area contributed by atoms with Gasteiger partial charge in [0.05, 0.1) is 4.92 Å². The minimum atomic E-state index is -0.397. The highest BCUT2D eigenvalue weighted by Gasteiger charge is 2.11. The summed E-state index contributed by atoms with van der Waals surface area (Å²) in [5.41, 5.74) is 1.52. The van der Waals surface area contributed by atoms with Crippen molar-refractivity contribution in [3.05, 3.63) is 77.0 Å². The summed E-state index contributed by atoms with van der Waals surface area (Å²) >= 11 is 0. The molecule has 110 valence electrons. The van der Waals surface area contributed by atoms with Gasteiger partial charge in [-0.1, -0.05) is 12.1 Å². The lowest BCUT2D eigenvalue weighted by molar-refractivity contribution is -0.384. The third kappa shape index (κ3) is 2.93. The maximum atomic E-state index is 11.0. The number of rotatable bonds is 5. The second kappa shape index (κ2) is 6.04. The summed E-state index contributed by atoms with van der Waals surface area (Å²) in [5.74, 6) is 0.749. The molecule has 0 fully saturated rings. The molecule has 3 rings (SSSR count). The first kappa shape index (κ1) is 13.7. The molecule has 3 aromatic rings. The Morgan fingerprint density at radius 1 is 1.23 bits per heavy atom. The second-order valence-corrected chi connectivity index (χ2v) is 4.62. The first-order chi connectivity index (χ1) is 10.7. The Bertz CT molecular complexity index is 786. The molecule has 0 aliphatic heterocycles. The molecule has 2 heterocycles. The van der Waals surface area contributed by atoms with Crippen LogP contribution in [0, 0.1) is 10.1 Å². The van der Waals surface area contributed by atoms with Gasteiger partial charge in [-0.3, -0.25) is 14.7 Å². The number of aromatic nitrogens is 3. The van der Waals surface area contributed by atoms with Crippen LogP contribution in [-0.4, -0.2) is 19.5 Å². The van der Waals surface area contributed by atoms with Crippen LogP contribution in [0.1, 0.15) is 5.56 Å². The van der Waals surface area contributed by atoms with Gasteiger partial charge in [-0.05, 0) is 23.8 Å². The molecular weight excluding hydrogens is 282 g/mol. The SMILES string of the molecule is O=[N+]([O-])c1ccccc1NCc1ccnc(-n2ccnc2)c1. The van der Waals surface area contributed by atoms with E-state index in [1.807, 2.05) is 18.3 Å². The van der Waals surface area contributed by atoms with Crippen molar-refractivity contribution in [3.8, 4) is 5.82 Å². The lowest BCUT2D eigenvalue weighted by Crippen LogP contribution is -2.04. The van der Waals surface area contributed by atoms with Gasteiger partial charge in [-0.2, -0.15) is 0 Å². The van der Waals surface area contributed by atoms with E-state index < -0.39 is 4.92 Å². The Morgan fingerprint density at radius 3 is 2.86 bits per heavy atom. The fourth-order valence-electron chi connectivity index (χ4n) is 2.09. The third-order valence-electron chi connectivity index (χ3n) is 3.16. The number of pyridine rings is 1. The van der Waals surface area contributed by atoms with Crippen LogP contribution in [0.25, 0.3) is 5.82 Å². The van der Waals surface area contributed by atoms with Crippen LogP contribution in [-0.2, 0) is 6.54 Å². The van der Waals surface area contributed by atoms with Crippen LogP contribution < -0.4 is 5.32 Å². The molecule has 0 radical (unpaired) electrons. The number of para-hydroxylation sites is 2. The van der Waals surface area contributed by atoms with E-state index in [0.717, 1.165) is 11.4 Å². The average molecular weight is 295 g/mol. The van der Waals surface area contributed by atoms with Crippen molar-refractivity contribution in [1.29, 1.82) is 0 Å². The molecule has 0 aliphatic rings. The van der Waals surface area contributed by atoms with Crippen LogP contribution in [0.15, 0.2) is 61.3 Å². The van der Waals surface area contributed by atoms with Crippen molar-refractivity contribution < 1.29 is 4.92 Å². The van der Waals surface area contributed by atoms with Crippen molar-refractivity contribution in [2.75, 3.05) is 5.32 Å². The second-order valence-electron chi connectivity index (χ2n) is 4.62. The zero-order chi connectivity index (χ0) is 15.4. The first-order valence-corrected chi connectivity index (χ1v) is 6.64. The summed E-state index contributed by atoms with van der Waals surface area (Å²) in [5, 5.41) is 14.1. The number of nitro groups is 1. The number of benzene rings is 1. The van der Waals surface area contributed by atoms with Crippen LogP contribution in [0.5, 0.6) is 0 Å². The normalized spacial score (nSPS) is 10.4. The fourth-order valence-corrected chi connectivity index (χ4v) is 2.09. The summed E-state index contributed by atoms with van der Waals surface area (Å²) in [6.45, 7) is 0.467. The Kier molecular flexibility index (Phi) is 3.78. The van der Waals surface area contributed by atoms with Crippen LogP contribution in [0.4, 0.5) is 11.4 Å². The number of imidazole rings is 1. The Morgan fingerprint density at radius 2 is 2.09 bits per heavy atom. The molecule has 0 atom stereocenters. The molecule has 0 bridgehead atoms. The van der Waals surface area contributed by atoms with Crippen molar-refractivity contribution in [2.45, 2.75) is 6.54 Å². The maximum absolute atomic E-state index is 11.0. The minimum Gasteiger partial charge on any atom is -0.375 e. The van der Waals surface area contributed by atoms with Gasteiger partial charge in [-0.25, -0.2) is 9.97 Å². The first-order valence-electron chi connectivity index (χ1n) is 6.64. The molecule has 22 heavy (non-hydrogen) atoms. The van der Waals surface area contributed by atoms with Gasteiger partial charge in [0.1, 0.15) is 17.8 Å². The van der Waals surface area contributed by atoms with Gasteiger partial charge in [0.2, 0.25) is 0 Å². The van der Waals surface area contributed by atoms with Crippen LogP contribution in [0.2, 0.25) is 0 Å². The van der Waals surface area contributed by atoms with Gasteiger partial charge in [-0.15, -0.1) is 0 Å². The summed E-state index contributed by atoms with van der Waals surface area (Å²) in [7, 11) is 0. The molecule has 1 N–H and O–H groups in total. The van der Waals surface area contributed by atoms with Gasteiger partial charge in [0.25, 0.3) is 5.69 Å². The summed E-state index contributed by atoms with van der Waals surface area (Å²) in [4.78, 5) is 18.8. The lowest BCUT2D eigenvalue weighted by Gasteiger charge is -2.08. The molecule has 2 aromatic heterocycles. The molecular formula is C15H13N5O2. The van der Waals surface area contributed by atoms with Crippen LogP contribution in [0.3, 0.4) is 0 Å². The van der Waals surface area contributed by atoms with Crippen molar-refractivity contribution in [3.63, 3.8) is 0 Å². The van der Waals surface area contributed by atoms with Crippen LogP contribution >= 0.6 is 0 Å². The van der Waals surface area contributed by atoms with Crippen molar-refractivity contribution >= 4 is 11.4 Å². The molecule has 0 amide bonds. The summed E-state index contributed by atoms with van der Waals surface area (Å²) < 4.78 is 1.80. The third-order valence-corrected chi connectivity index (χ3v) is 3.16. The van der Waals surface area contributed by atoms with E-state index in [-0.39, 0.29) is 5.69 Å². The molecule has 0 aliphatic carbocycles. The number of nitrogens with one attached hydrogen (secondary N) is 1. The fraction of sp³-hybridized carbons (Fsp3) is 0.0667. The van der Waals surface area contributed by atoms with E-state index in [1.54, 1.807) is 41.5 Å². The predicted molar refractivity (Wildman–Crippen MR) is 81.8 cm³/mol. The standard InChI is InChI=1S/C15H13N5O2/c21-20(22)14-4-2-1-3-13(14)18-10-12-5-6-17-15(9-12)19-8-7-16-11-19/h1-9,11,18H,10H2. The molecule has 0 saturated carbocycles. The average Bonchev–Trinajstić information content (AvgIpc) is 3.08. The number of nitrogens with zero attached hydrogens (tertiary/aromatic N) is 4. The zero-order valence-electron chi connectivity index (χ0n) is 11.6. The quantitative estimate of drug-likeness (QED) is 0.578. The van der Waals surface area contributed by atoms with E-state index in [1.165, 1.54) is 6.07 Å². The molecule has 1 aromatic carbocycles. The number of hydrogen-bond donors (Lipinski definition) is 1.